The highest BCUT2D eigenvalue weighted by Crippen LogP contribution is 2.29. The predicted octanol–water partition coefficient (Wildman–Crippen LogP) is 2.38. The van der Waals surface area contributed by atoms with E-state index in [9.17, 15) is 18.0 Å². The first-order chi connectivity index (χ1) is 7.88. The Bertz CT molecular complexity index is 395. The minimum atomic E-state index is -4.28. The molecule has 0 aliphatic rings. The van der Waals surface area contributed by atoms with Gasteiger partial charge in [0.2, 0.25) is 0 Å². The molecule has 0 radical (unpaired) electrons. The largest absolute Gasteiger partial charge is 0.508 e. The van der Waals surface area contributed by atoms with Crippen LogP contribution < -0.4 is 5.32 Å². The second-order valence-electron chi connectivity index (χ2n) is 3.10. The number of rotatable bonds is 4. The van der Waals surface area contributed by atoms with Crippen molar-refractivity contribution < 1.29 is 23.1 Å². The molecule has 0 aliphatic carbocycles. The quantitative estimate of drug-likeness (QED) is 0.822. The highest BCUT2D eigenvalue weighted by molar-refractivity contribution is 8.00. The highest BCUT2D eigenvalue weighted by atomic mass is 32.2. The van der Waals surface area contributed by atoms with Crippen LogP contribution in [-0.2, 0) is 0 Å². The molecule has 1 rings (SSSR count). The van der Waals surface area contributed by atoms with Gasteiger partial charge in [-0.1, -0.05) is 6.07 Å². The van der Waals surface area contributed by atoms with Gasteiger partial charge in [0.25, 0.3) is 5.91 Å². The van der Waals surface area contributed by atoms with E-state index in [1.165, 1.54) is 24.3 Å². The van der Waals surface area contributed by atoms with Crippen molar-refractivity contribution in [1.29, 1.82) is 0 Å². The molecule has 0 atom stereocenters. The first-order valence-corrected chi connectivity index (χ1v) is 5.65. The van der Waals surface area contributed by atoms with E-state index in [1.54, 1.807) is 0 Å². The fraction of sp³-hybridized carbons (Fsp3) is 0.300. The van der Waals surface area contributed by atoms with Crippen LogP contribution in [-0.4, -0.2) is 28.8 Å². The average molecular weight is 265 g/mol. The minimum Gasteiger partial charge on any atom is -0.508 e. The summed E-state index contributed by atoms with van der Waals surface area (Å²) < 4.78 is 35.3. The van der Waals surface area contributed by atoms with E-state index in [0.717, 1.165) is 0 Å². The van der Waals surface area contributed by atoms with Gasteiger partial charge in [-0.2, -0.15) is 13.2 Å². The van der Waals surface area contributed by atoms with E-state index in [0.29, 0.717) is 0 Å². The van der Waals surface area contributed by atoms with Crippen molar-refractivity contribution in [1.82, 2.24) is 5.32 Å². The third-order valence-corrected chi connectivity index (χ3v) is 2.50. The van der Waals surface area contributed by atoms with E-state index < -0.39 is 11.4 Å². The van der Waals surface area contributed by atoms with E-state index in [4.69, 9.17) is 5.11 Å². The molecular weight excluding hydrogens is 255 g/mol. The van der Waals surface area contributed by atoms with E-state index in [1.807, 2.05) is 0 Å². The average Bonchev–Trinajstić information content (AvgIpc) is 2.23. The second-order valence-corrected chi connectivity index (χ2v) is 4.26. The van der Waals surface area contributed by atoms with Crippen LogP contribution in [0.1, 0.15) is 10.4 Å². The van der Waals surface area contributed by atoms with E-state index in [2.05, 4.69) is 5.32 Å². The number of hydrogen-bond acceptors (Lipinski definition) is 3. The number of halogens is 3. The summed E-state index contributed by atoms with van der Waals surface area (Å²) in [6.07, 6.45) is 0. The molecule has 1 amide bonds. The summed E-state index contributed by atoms with van der Waals surface area (Å²) in [7, 11) is 0. The molecule has 0 aromatic heterocycles. The predicted molar refractivity (Wildman–Crippen MR) is 59.0 cm³/mol. The van der Waals surface area contributed by atoms with Crippen LogP contribution in [0.15, 0.2) is 24.3 Å². The number of nitrogens with one attached hydrogen (secondary N) is 1. The summed E-state index contributed by atoms with van der Waals surface area (Å²) in [5, 5.41) is 11.4. The number of hydrogen-bond donors (Lipinski definition) is 2. The molecule has 0 saturated carbocycles. The molecule has 0 unspecified atom stereocenters. The molecule has 0 bridgehead atoms. The number of phenolic OH excluding ortho intramolecular Hbond substituents is 1. The molecule has 0 spiro atoms. The topological polar surface area (TPSA) is 49.3 Å². The smallest absolute Gasteiger partial charge is 0.441 e. The zero-order valence-corrected chi connectivity index (χ0v) is 9.44. The molecule has 1 aromatic carbocycles. The number of carbonyl (C=O) groups excluding carboxylic acids is 1. The molecule has 0 saturated heterocycles. The fourth-order valence-corrected chi connectivity index (χ4v) is 1.52. The summed E-state index contributed by atoms with van der Waals surface area (Å²) in [5.74, 6) is -0.820. The van der Waals surface area contributed by atoms with Crippen molar-refractivity contribution in [3.8, 4) is 5.75 Å². The summed E-state index contributed by atoms with van der Waals surface area (Å²) in [6, 6.07) is 5.59. The molecule has 7 heteroatoms. The summed E-state index contributed by atoms with van der Waals surface area (Å²) >= 11 is -0.190. The number of amides is 1. The zero-order valence-electron chi connectivity index (χ0n) is 8.62. The van der Waals surface area contributed by atoms with Crippen molar-refractivity contribution in [2.75, 3.05) is 12.3 Å². The number of aromatic hydroxyl groups is 1. The monoisotopic (exact) mass is 265 g/mol. The lowest BCUT2D eigenvalue weighted by atomic mass is 10.2. The normalized spacial score (nSPS) is 11.2. The van der Waals surface area contributed by atoms with Crippen molar-refractivity contribution in [2.45, 2.75) is 5.51 Å². The van der Waals surface area contributed by atoms with Crippen LogP contribution in [0.3, 0.4) is 0 Å². The lowest BCUT2D eigenvalue weighted by molar-refractivity contribution is -0.0327. The third kappa shape index (κ3) is 5.48. The minimum absolute atomic E-state index is 0.0673. The van der Waals surface area contributed by atoms with Crippen LogP contribution in [0.2, 0.25) is 0 Å². The van der Waals surface area contributed by atoms with E-state index in [-0.39, 0.29) is 35.4 Å². The maximum absolute atomic E-state index is 11.8. The summed E-state index contributed by atoms with van der Waals surface area (Å²) in [5.41, 5.74) is -4.07. The standard InChI is InChI=1S/C10H10F3NO2S/c11-10(12,13)17-5-4-14-9(16)7-2-1-3-8(15)6-7/h1-3,6,15H,4-5H2,(H,14,16). The van der Waals surface area contributed by atoms with Gasteiger partial charge in [-0.25, -0.2) is 0 Å². The van der Waals surface area contributed by atoms with Gasteiger partial charge in [0.1, 0.15) is 5.75 Å². The number of phenols is 1. The number of thioether (sulfide) groups is 1. The highest BCUT2D eigenvalue weighted by Gasteiger charge is 2.27. The van der Waals surface area contributed by atoms with Crippen molar-refractivity contribution in [2.24, 2.45) is 0 Å². The Labute approximate surface area is 100 Å². The Balaban J connectivity index is 2.36. The van der Waals surface area contributed by atoms with E-state index >= 15 is 0 Å². The van der Waals surface area contributed by atoms with Crippen LogP contribution >= 0.6 is 11.8 Å². The third-order valence-electron chi connectivity index (χ3n) is 1.76. The van der Waals surface area contributed by atoms with Crippen molar-refractivity contribution >= 4 is 17.7 Å². The molecule has 17 heavy (non-hydrogen) atoms. The van der Waals surface area contributed by atoms with Crippen molar-refractivity contribution in [3.05, 3.63) is 29.8 Å². The molecule has 3 nitrogen and oxygen atoms in total. The van der Waals surface area contributed by atoms with Gasteiger partial charge in [-0.15, -0.1) is 0 Å². The molecule has 0 fully saturated rings. The number of carbonyl (C=O) groups is 1. The zero-order chi connectivity index (χ0) is 12.9. The maximum atomic E-state index is 11.8. The number of alkyl halides is 3. The van der Waals surface area contributed by atoms with Crippen LogP contribution in [0.4, 0.5) is 13.2 Å². The van der Waals surface area contributed by atoms with Gasteiger partial charge in [0.05, 0.1) is 0 Å². The SMILES string of the molecule is O=C(NCCSC(F)(F)F)c1cccc(O)c1. The van der Waals surface area contributed by atoms with Gasteiger partial charge < -0.3 is 10.4 Å². The van der Waals surface area contributed by atoms with Gasteiger partial charge in [-0.3, -0.25) is 4.79 Å². The van der Waals surface area contributed by atoms with Gasteiger partial charge in [0, 0.05) is 17.9 Å². The Hall–Kier alpha value is -1.37. The lowest BCUT2D eigenvalue weighted by Gasteiger charge is -2.07. The van der Waals surface area contributed by atoms with Crippen molar-refractivity contribution in [3.63, 3.8) is 0 Å². The Morgan fingerprint density at radius 2 is 2.12 bits per heavy atom. The first-order valence-electron chi connectivity index (χ1n) is 4.66. The Morgan fingerprint density at radius 1 is 1.41 bits per heavy atom. The molecular formula is C10H10F3NO2S. The number of benzene rings is 1. The summed E-state index contributed by atoms with van der Waals surface area (Å²) in [6.45, 7) is -0.0847. The van der Waals surface area contributed by atoms with Crippen LogP contribution in [0.25, 0.3) is 0 Å². The van der Waals surface area contributed by atoms with Gasteiger partial charge in [-0.05, 0) is 30.0 Å². The Morgan fingerprint density at radius 3 is 2.71 bits per heavy atom. The second kappa shape index (κ2) is 5.81. The molecule has 0 aliphatic heterocycles. The van der Waals surface area contributed by atoms with Crippen LogP contribution in [0, 0.1) is 0 Å². The van der Waals surface area contributed by atoms with Gasteiger partial charge in [0.15, 0.2) is 0 Å². The molecule has 0 heterocycles. The molecule has 2 N–H and O–H groups in total. The lowest BCUT2D eigenvalue weighted by Crippen LogP contribution is -2.26. The molecule has 1 aromatic rings. The molecule has 94 valence electrons. The maximum Gasteiger partial charge on any atom is 0.441 e. The van der Waals surface area contributed by atoms with Gasteiger partial charge >= 0.3 is 5.51 Å². The first kappa shape index (κ1) is 13.7. The summed E-state index contributed by atoms with van der Waals surface area (Å²) in [4.78, 5) is 11.4. The van der Waals surface area contributed by atoms with Crippen LogP contribution in [0.5, 0.6) is 5.75 Å². The fourth-order valence-electron chi connectivity index (χ4n) is 1.08. The Kier molecular flexibility index (Phi) is 4.68.